The van der Waals surface area contributed by atoms with Gasteiger partial charge in [0.1, 0.15) is 11.3 Å². The number of nitrogens with zero attached hydrogens (tertiary/aromatic N) is 6. The zero-order chi connectivity index (χ0) is 18.0. The first-order chi connectivity index (χ1) is 11.9. The maximum Gasteiger partial charge on any atom is 0.252 e. The molecule has 3 aromatic heterocycles. The van der Waals surface area contributed by atoms with Gasteiger partial charge in [0.15, 0.2) is 0 Å². The Balaban J connectivity index is 1.63. The van der Waals surface area contributed by atoms with E-state index in [4.69, 9.17) is 0 Å². The van der Waals surface area contributed by atoms with Gasteiger partial charge in [-0.25, -0.2) is 9.50 Å². The van der Waals surface area contributed by atoms with E-state index < -0.39 is 0 Å². The van der Waals surface area contributed by atoms with Gasteiger partial charge in [-0.2, -0.15) is 10.1 Å². The average molecular weight is 359 g/mol. The van der Waals surface area contributed by atoms with Crippen molar-refractivity contribution in [3.05, 3.63) is 28.3 Å². The Hall–Kier alpha value is -2.42. The highest BCUT2D eigenvalue weighted by Crippen LogP contribution is 2.19. The molecule has 3 aromatic rings. The predicted molar refractivity (Wildman–Crippen MR) is 95.7 cm³/mol. The SMILES string of the molecule is Cc1nc2ncnn2c(C)c1CCC(=O)Nc1nnc(CC(C)C)s1. The Morgan fingerprint density at radius 3 is 2.88 bits per heavy atom. The lowest BCUT2D eigenvalue weighted by molar-refractivity contribution is -0.116. The van der Waals surface area contributed by atoms with Crippen LogP contribution in [0.5, 0.6) is 0 Å². The van der Waals surface area contributed by atoms with Crippen LogP contribution >= 0.6 is 11.3 Å². The summed E-state index contributed by atoms with van der Waals surface area (Å²) in [5.74, 6) is 1.01. The molecule has 8 nitrogen and oxygen atoms in total. The molecule has 0 aliphatic rings. The number of carbonyl (C=O) groups is 1. The highest BCUT2D eigenvalue weighted by Gasteiger charge is 2.14. The zero-order valence-electron chi connectivity index (χ0n) is 14.8. The highest BCUT2D eigenvalue weighted by molar-refractivity contribution is 7.15. The van der Waals surface area contributed by atoms with E-state index in [2.05, 4.69) is 44.4 Å². The molecule has 0 aromatic carbocycles. The number of rotatable bonds is 6. The molecule has 1 amide bonds. The van der Waals surface area contributed by atoms with E-state index in [1.807, 2.05) is 13.8 Å². The van der Waals surface area contributed by atoms with Crippen LogP contribution in [-0.2, 0) is 17.6 Å². The fourth-order valence-electron chi connectivity index (χ4n) is 2.67. The second-order valence-corrected chi connectivity index (χ2v) is 7.44. The molecule has 9 heteroatoms. The third-order valence-corrected chi connectivity index (χ3v) is 4.75. The normalized spacial score (nSPS) is 11.4. The van der Waals surface area contributed by atoms with Gasteiger partial charge in [0.25, 0.3) is 5.78 Å². The third-order valence-electron chi connectivity index (χ3n) is 3.89. The van der Waals surface area contributed by atoms with Crippen molar-refractivity contribution in [2.24, 2.45) is 5.92 Å². The van der Waals surface area contributed by atoms with Crippen molar-refractivity contribution in [2.75, 3.05) is 5.32 Å². The largest absolute Gasteiger partial charge is 0.301 e. The number of amides is 1. The van der Waals surface area contributed by atoms with E-state index in [9.17, 15) is 4.79 Å². The van der Waals surface area contributed by atoms with Crippen molar-refractivity contribution in [3.8, 4) is 0 Å². The smallest absolute Gasteiger partial charge is 0.252 e. The molecule has 0 spiro atoms. The summed E-state index contributed by atoms with van der Waals surface area (Å²) in [7, 11) is 0. The van der Waals surface area contributed by atoms with Crippen molar-refractivity contribution < 1.29 is 4.79 Å². The van der Waals surface area contributed by atoms with E-state index >= 15 is 0 Å². The fraction of sp³-hybridized carbons (Fsp3) is 0.500. The van der Waals surface area contributed by atoms with Crippen LogP contribution in [0.15, 0.2) is 6.33 Å². The van der Waals surface area contributed by atoms with E-state index in [0.29, 0.717) is 29.7 Å². The van der Waals surface area contributed by atoms with Crippen LogP contribution in [0.3, 0.4) is 0 Å². The maximum absolute atomic E-state index is 12.2. The molecular weight excluding hydrogens is 338 g/mol. The summed E-state index contributed by atoms with van der Waals surface area (Å²) in [5, 5.41) is 16.6. The summed E-state index contributed by atoms with van der Waals surface area (Å²) in [6, 6.07) is 0. The Labute approximate surface area is 149 Å². The second-order valence-electron chi connectivity index (χ2n) is 6.38. The number of fused-ring (bicyclic) bond motifs is 1. The lowest BCUT2D eigenvalue weighted by Crippen LogP contribution is -2.14. The van der Waals surface area contributed by atoms with E-state index in [-0.39, 0.29) is 5.91 Å². The summed E-state index contributed by atoms with van der Waals surface area (Å²) < 4.78 is 1.70. The Bertz CT molecular complexity index is 899. The number of hydrogen-bond donors (Lipinski definition) is 1. The van der Waals surface area contributed by atoms with Gasteiger partial charge < -0.3 is 5.32 Å². The van der Waals surface area contributed by atoms with Crippen LogP contribution in [-0.4, -0.2) is 35.7 Å². The average Bonchev–Trinajstić information content (AvgIpc) is 3.15. The first kappa shape index (κ1) is 17.4. The number of carbonyl (C=O) groups excluding carboxylic acids is 1. The van der Waals surface area contributed by atoms with Gasteiger partial charge >= 0.3 is 0 Å². The Morgan fingerprint density at radius 2 is 2.12 bits per heavy atom. The summed E-state index contributed by atoms with van der Waals surface area (Å²) in [5.41, 5.74) is 2.86. The molecule has 0 atom stereocenters. The molecule has 0 radical (unpaired) electrons. The quantitative estimate of drug-likeness (QED) is 0.725. The molecule has 132 valence electrons. The summed E-state index contributed by atoms with van der Waals surface area (Å²) in [6.07, 6.45) is 3.29. The van der Waals surface area contributed by atoms with Crippen LogP contribution in [0.2, 0.25) is 0 Å². The van der Waals surface area contributed by atoms with Crippen LogP contribution < -0.4 is 5.32 Å². The minimum atomic E-state index is -0.0789. The lowest BCUT2D eigenvalue weighted by Gasteiger charge is -2.09. The molecule has 0 aliphatic carbocycles. The molecule has 25 heavy (non-hydrogen) atoms. The number of nitrogens with one attached hydrogen (secondary N) is 1. The zero-order valence-corrected chi connectivity index (χ0v) is 15.6. The van der Waals surface area contributed by atoms with Crippen molar-refractivity contribution in [1.29, 1.82) is 0 Å². The predicted octanol–water partition coefficient (Wildman–Crippen LogP) is 2.36. The van der Waals surface area contributed by atoms with Gasteiger partial charge in [-0.3, -0.25) is 4.79 Å². The van der Waals surface area contributed by atoms with Crippen molar-refractivity contribution >= 4 is 28.2 Å². The van der Waals surface area contributed by atoms with Gasteiger partial charge in [0.05, 0.1) is 0 Å². The summed E-state index contributed by atoms with van der Waals surface area (Å²) in [6.45, 7) is 8.15. The van der Waals surface area contributed by atoms with E-state index in [0.717, 1.165) is 28.4 Å². The van der Waals surface area contributed by atoms with Crippen LogP contribution in [0.4, 0.5) is 5.13 Å². The molecule has 3 heterocycles. The number of aromatic nitrogens is 6. The van der Waals surface area contributed by atoms with Crippen molar-refractivity contribution in [2.45, 2.75) is 47.0 Å². The molecule has 0 saturated heterocycles. The van der Waals surface area contributed by atoms with Crippen LogP contribution in [0.25, 0.3) is 5.78 Å². The third kappa shape index (κ3) is 3.98. The van der Waals surface area contributed by atoms with Gasteiger partial charge in [0, 0.05) is 24.2 Å². The minimum Gasteiger partial charge on any atom is -0.301 e. The first-order valence-corrected chi connectivity index (χ1v) is 9.03. The topological polar surface area (TPSA) is 98.0 Å². The number of anilines is 1. The van der Waals surface area contributed by atoms with Gasteiger partial charge in [-0.1, -0.05) is 25.2 Å². The van der Waals surface area contributed by atoms with Crippen molar-refractivity contribution in [1.82, 2.24) is 29.8 Å². The second kappa shape index (κ2) is 7.22. The van der Waals surface area contributed by atoms with Gasteiger partial charge in [0.2, 0.25) is 11.0 Å². The molecule has 0 bridgehead atoms. The van der Waals surface area contributed by atoms with Crippen LogP contribution in [0, 0.1) is 19.8 Å². The fourth-order valence-corrected chi connectivity index (χ4v) is 3.64. The minimum absolute atomic E-state index is 0.0789. The highest BCUT2D eigenvalue weighted by atomic mass is 32.1. The molecule has 0 unspecified atom stereocenters. The lowest BCUT2D eigenvalue weighted by atomic mass is 10.1. The summed E-state index contributed by atoms with van der Waals surface area (Å²) in [4.78, 5) is 20.8. The Kier molecular flexibility index (Phi) is 5.03. The van der Waals surface area contributed by atoms with E-state index in [1.54, 1.807) is 4.52 Å². The molecular formula is C16H21N7OS. The molecule has 3 rings (SSSR count). The standard InChI is InChI=1S/C16H21N7OS/c1-9(2)7-14-21-22-16(25-14)20-13(24)6-5-12-10(3)19-15-17-8-18-23(15)11(12)4/h8-9H,5-7H2,1-4H3,(H,20,22,24). The number of aryl methyl sites for hydroxylation is 2. The monoisotopic (exact) mass is 359 g/mol. The maximum atomic E-state index is 12.2. The molecule has 0 aliphatic heterocycles. The van der Waals surface area contributed by atoms with Gasteiger partial charge in [-0.15, -0.1) is 10.2 Å². The number of hydrogen-bond acceptors (Lipinski definition) is 7. The first-order valence-electron chi connectivity index (χ1n) is 8.22. The van der Waals surface area contributed by atoms with Crippen molar-refractivity contribution in [3.63, 3.8) is 0 Å². The van der Waals surface area contributed by atoms with E-state index in [1.165, 1.54) is 17.7 Å². The summed E-state index contributed by atoms with van der Waals surface area (Å²) >= 11 is 1.43. The molecule has 0 saturated carbocycles. The van der Waals surface area contributed by atoms with Gasteiger partial charge in [-0.05, 0) is 31.7 Å². The Morgan fingerprint density at radius 1 is 1.32 bits per heavy atom. The molecule has 0 fully saturated rings. The van der Waals surface area contributed by atoms with Crippen LogP contribution in [0.1, 0.15) is 42.2 Å². The molecule has 1 N–H and O–H groups in total.